The molecule has 1 unspecified atom stereocenters. The summed E-state index contributed by atoms with van der Waals surface area (Å²) >= 11 is 0. The van der Waals surface area contributed by atoms with Crippen LogP contribution in [0.25, 0.3) is 0 Å². The van der Waals surface area contributed by atoms with Crippen LogP contribution in [0.3, 0.4) is 0 Å². The molecule has 0 bridgehead atoms. The van der Waals surface area contributed by atoms with E-state index in [4.69, 9.17) is 0 Å². The molecule has 0 aromatic heterocycles. The Morgan fingerprint density at radius 3 is 2.53 bits per heavy atom. The molecule has 1 amide bonds. The molecule has 6 nitrogen and oxygen atoms in total. The maximum Gasteiger partial charge on any atom is 0.271 e. The maximum atomic E-state index is 14.6. The van der Waals surface area contributed by atoms with E-state index in [0.717, 1.165) is 0 Å². The highest BCUT2D eigenvalue weighted by atomic mass is 19.1. The number of allylic oxidation sites excluding steroid dienone is 2. The van der Waals surface area contributed by atoms with Crippen molar-refractivity contribution in [3.05, 3.63) is 81.3 Å². The van der Waals surface area contributed by atoms with Crippen LogP contribution in [0.2, 0.25) is 0 Å². The highest BCUT2D eigenvalue weighted by molar-refractivity contribution is 6.07. The van der Waals surface area contributed by atoms with Crippen LogP contribution >= 0.6 is 0 Å². The van der Waals surface area contributed by atoms with Gasteiger partial charge in [-0.05, 0) is 29.5 Å². The average Bonchev–Trinajstić information content (AvgIpc) is 2.66. The Bertz CT molecular complexity index is 1110. The van der Waals surface area contributed by atoms with Crippen LogP contribution in [0.15, 0.2) is 59.8 Å². The third-order valence-corrected chi connectivity index (χ3v) is 5.72. The van der Waals surface area contributed by atoms with Gasteiger partial charge in [0.15, 0.2) is 5.78 Å². The molecule has 0 fully saturated rings. The molecular weight excluding hydrogens is 387 g/mol. The van der Waals surface area contributed by atoms with Crippen LogP contribution in [0.4, 0.5) is 15.8 Å². The predicted octanol–water partition coefficient (Wildman–Crippen LogP) is 4.90. The fourth-order valence-electron chi connectivity index (χ4n) is 4.48. The highest BCUT2D eigenvalue weighted by Crippen LogP contribution is 2.48. The number of ketones is 1. The van der Waals surface area contributed by atoms with Crippen molar-refractivity contribution in [2.75, 3.05) is 4.90 Å². The van der Waals surface area contributed by atoms with E-state index in [0.29, 0.717) is 35.4 Å². The van der Waals surface area contributed by atoms with E-state index in [9.17, 15) is 24.1 Å². The number of benzene rings is 2. The summed E-state index contributed by atoms with van der Waals surface area (Å²) in [5, 5.41) is 11.2. The lowest BCUT2D eigenvalue weighted by Gasteiger charge is -2.42. The van der Waals surface area contributed by atoms with Gasteiger partial charge in [0.2, 0.25) is 5.91 Å². The van der Waals surface area contributed by atoms with Gasteiger partial charge in [0.1, 0.15) is 5.82 Å². The molecule has 1 aliphatic carbocycles. The Hall–Kier alpha value is -3.35. The third kappa shape index (κ3) is 3.40. The summed E-state index contributed by atoms with van der Waals surface area (Å²) in [6.07, 6.45) is 0.663. The minimum atomic E-state index is -0.660. The van der Waals surface area contributed by atoms with Crippen molar-refractivity contribution in [1.82, 2.24) is 0 Å². The zero-order valence-electron chi connectivity index (χ0n) is 16.7. The second-order valence-electron chi connectivity index (χ2n) is 8.59. The largest absolute Gasteiger partial charge is 0.294 e. The Morgan fingerprint density at radius 1 is 1.10 bits per heavy atom. The van der Waals surface area contributed by atoms with Crippen molar-refractivity contribution in [2.45, 2.75) is 39.0 Å². The number of anilines is 1. The van der Waals surface area contributed by atoms with Crippen molar-refractivity contribution in [3.8, 4) is 0 Å². The van der Waals surface area contributed by atoms with Crippen molar-refractivity contribution in [1.29, 1.82) is 0 Å². The molecule has 1 aliphatic heterocycles. The second kappa shape index (κ2) is 7.16. The number of halogens is 1. The quantitative estimate of drug-likeness (QED) is 0.535. The molecule has 1 atom stereocenters. The summed E-state index contributed by atoms with van der Waals surface area (Å²) in [6.45, 7) is 3.88. The number of nitrogens with zero attached hydrogens (tertiary/aromatic N) is 2. The number of carbonyl (C=O) groups excluding carboxylic acids is 2. The van der Waals surface area contributed by atoms with Gasteiger partial charge in [-0.1, -0.05) is 38.1 Å². The van der Waals surface area contributed by atoms with Crippen LogP contribution in [0, 0.1) is 21.3 Å². The summed E-state index contributed by atoms with van der Waals surface area (Å²) < 4.78 is 14.6. The molecular formula is C23H21FN2O4. The van der Waals surface area contributed by atoms with E-state index < -0.39 is 16.7 Å². The predicted molar refractivity (Wildman–Crippen MR) is 109 cm³/mol. The molecule has 2 aromatic rings. The first kappa shape index (κ1) is 19.9. The number of nitro groups is 1. The first-order valence-electron chi connectivity index (χ1n) is 9.76. The zero-order valence-corrected chi connectivity index (χ0v) is 16.7. The van der Waals surface area contributed by atoms with E-state index in [-0.39, 0.29) is 29.2 Å². The van der Waals surface area contributed by atoms with Crippen LogP contribution in [-0.2, 0) is 9.59 Å². The lowest BCUT2D eigenvalue weighted by Crippen LogP contribution is -2.43. The Morgan fingerprint density at radius 2 is 1.83 bits per heavy atom. The van der Waals surface area contributed by atoms with E-state index in [1.807, 2.05) is 13.8 Å². The molecule has 0 saturated heterocycles. The first-order valence-corrected chi connectivity index (χ1v) is 9.76. The van der Waals surface area contributed by atoms with Gasteiger partial charge in [0, 0.05) is 42.2 Å². The van der Waals surface area contributed by atoms with Gasteiger partial charge >= 0.3 is 0 Å². The van der Waals surface area contributed by atoms with Crippen molar-refractivity contribution in [3.63, 3.8) is 0 Å². The molecule has 0 radical (unpaired) electrons. The Kier molecular flexibility index (Phi) is 4.76. The SMILES string of the molecule is CC1(C)CC(=O)C2=C(C1)N(c1cccc([N+](=O)[O-])c1)C(=O)CC2c1ccccc1F. The summed E-state index contributed by atoms with van der Waals surface area (Å²) in [7, 11) is 0. The number of nitro benzene ring substituents is 1. The summed E-state index contributed by atoms with van der Waals surface area (Å²) in [5.41, 5.74) is 1.10. The lowest BCUT2D eigenvalue weighted by atomic mass is 9.69. The van der Waals surface area contributed by atoms with Gasteiger partial charge in [-0.15, -0.1) is 0 Å². The minimum Gasteiger partial charge on any atom is -0.294 e. The first-order chi connectivity index (χ1) is 14.2. The Labute approximate surface area is 173 Å². The van der Waals surface area contributed by atoms with E-state index >= 15 is 0 Å². The smallest absolute Gasteiger partial charge is 0.271 e. The van der Waals surface area contributed by atoms with Crippen LogP contribution in [0.5, 0.6) is 0 Å². The summed E-state index contributed by atoms with van der Waals surface area (Å²) in [5.74, 6) is -1.54. The number of non-ortho nitro benzene ring substituents is 1. The number of Topliss-reactive ketones (excluding diaryl/α,β-unsaturated/α-hetero) is 1. The number of rotatable bonds is 3. The molecule has 0 N–H and O–H groups in total. The van der Waals surface area contributed by atoms with Gasteiger partial charge in [-0.25, -0.2) is 4.39 Å². The van der Waals surface area contributed by atoms with E-state index in [1.54, 1.807) is 24.3 Å². The summed E-state index contributed by atoms with van der Waals surface area (Å²) in [4.78, 5) is 38.5. The number of carbonyl (C=O) groups is 2. The molecule has 7 heteroatoms. The van der Waals surface area contributed by atoms with Gasteiger partial charge in [0.05, 0.1) is 10.6 Å². The Balaban J connectivity index is 1.92. The highest BCUT2D eigenvalue weighted by Gasteiger charge is 2.45. The van der Waals surface area contributed by atoms with Crippen LogP contribution in [-0.4, -0.2) is 16.6 Å². The van der Waals surface area contributed by atoms with Crippen LogP contribution in [0.1, 0.15) is 44.6 Å². The monoisotopic (exact) mass is 408 g/mol. The van der Waals surface area contributed by atoms with E-state index in [1.165, 1.54) is 29.2 Å². The minimum absolute atomic E-state index is 0.0748. The van der Waals surface area contributed by atoms with Gasteiger partial charge in [0.25, 0.3) is 5.69 Å². The van der Waals surface area contributed by atoms with Crippen molar-refractivity contribution < 1.29 is 18.9 Å². The standard InChI is InChI=1S/C23H21FN2O4/c1-23(2)12-19-22(20(27)13-23)17(16-8-3-4-9-18(16)24)11-21(28)25(19)14-6-5-7-15(10-14)26(29)30/h3-10,17H,11-13H2,1-2H3. The molecule has 0 saturated carbocycles. The number of amides is 1. The van der Waals surface area contributed by atoms with Gasteiger partial charge < -0.3 is 0 Å². The normalized spacial score (nSPS) is 20.9. The van der Waals surface area contributed by atoms with Gasteiger partial charge in [-0.2, -0.15) is 0 Å². The molecule has 0 spiro atoms. The fraction of sp³-hybridized carbons (Fsp3) is 0.304. The molecule has 2 aromatic carbocycles. The summed E-state index contributed by atoms with van der Waals surface area (Å²) in [6, 6.07) is 12.0. The second-order valence-corrected chi connectivity index (χ2v) is 8.59. The molecule has 2 aliphatic rings. The van der Waals surface area contributed by atoms with Crippen molar-refractivity contribution in [2.24, 2.45) is 5.41 Å². The topological polar surface area (TPSA) is 80.5 Å². The molecule has 4 rings (SSSR count). The number of hydrogen-bond donors (Lipinski definition) is 0. The van der Waals surface area contributed by atoms with E-state index in [2.05, 4.69) is 0 Å². The van der Waals surface area contributed by atoms with Crippen LogP contribution < -0.4 is 4.90 Å². The molecule has 154 valence electrons. The average molecular weight is 408 g/mol. The molecule has 1 heterocycles. The third-order valence-electron chi connectivity index (χ3n) is 5.72. The number of hydrogen-bond acceptors (Lipinski definition) is 4. The van der Waals surface area contributed by atoms with Crippen molar-refractivity contribution >= 4 is 23.1 Å². The van der Waals surface area contributed by atoms with Gasteiger partial charge in [-0.3, -0.25) is 24.6 Å². The fourth-order valence-corrected chi connectivity index (χ4v) is 4.48. The maximum absolute atomic E-state index is 14.6. The lowest BCUT2D eigenvalue weighted by molar-refractivity contribution is -0.384. The molecule has 30 heavy (non-hydrogen) atoms. The zero-order chi connectivity index (χ0) is 21.6.